The van der Waals surface area contributed by atoms with Crippen LogP contribution < -0.4 is 5.32 Å². The first-order valence-electron chi connectivity index (χ1n) is 8.20. The minimum Gasteiger partial charge on any atom is -0.377 e. The van der Waals surface area contributed by atoms with E-state index in [1.165, 1.54) is 23.1 Å². The van der Waals surface area contributed by atoms with Crippen LogP contribution in [0.25, 0.3) is 0 Å². The molecule has 2 rings (SSSR count). The van der Waals surface area contributed by atoms with Gasteiger partial charge in [-0.25, -0.2) is 0 Å². The van der Waals surface area contributed by atoms with Crippen molar-refractivity contribution < 1.29 is 9.47 Å². The SMILES string of the molecule is CCCNC(COCC1CCCO1)c1cc(C)cc(C)c1. The van der Waals surface area contributed by atoms with Crippen LogP contribution in [0.15, 0.2) is 18.2 Å². The second-order valence-electron chi connectivity index (χ2n) is 6.10. The lowest BCUT2D eigenvalue weighted by Crippen LogP contribution is -2.28. The monoisotopic (exact) mass is 291 g/mol. The van der Waals surface area contributed by atoms with Crippen molar-refractivity contribution >= 4 is 0 Å². The van der Waals surface area contributed by atoms with Crippen molar-refractivity contribution in [3.8, 4) is 0 Å². The maximum absolute atomic E-state index is 5.92. The zero-order valence-corrected chi connectivity index (χ0v) is 13.7. The molecule has 0 radical (unpaired) electrons. The van der Waals surface area contributed by atoms with E-state index >= 15 is 0 Å². The van der Waals surface area contributed by atoms with Gasteiger partial charge in [-0.2, -0.15) is 0 Å². The van der Waals surface area contributed by atoms with Crippen LogP contribution in [-0.2, 0) is 9.47 Å². The lowest BCUT2D eigenvalue weighted by Gasteiger charge is -2.21. The molecule has 0 spiro atoms. The van der Waals surface area contributed by atoms with Crippen molar-refractivity contribution in [1.29, 1.82) is 0 Å². The Kier molecular flexibility index (Phi) is 6.68. The lowest BCUT2D eigenvalue weighted by atomic mass is 10.0. The third-order valence-corrected chi connectivity index (χ3v) is 3.90. The van der Waals surface area contributed by atoms with Crippen LogP contribution in [0.5, 0.6) is 0 Å². The number of nitrogens with one attached hydrogen (secondary N) is 1. The van der Waals surface area contributed by atoms with Gasteiger partial charge in [-0.15, -0.1) is 0 Å². The molecule has 0 aliphatic carbocycles. The molecule has 0 bridgehead atoms. The average Bonchev–Trinajstić information content (AvgIpc) is 2.94. The van der Waals surface area contributed by atoms with E-state index in [-0.39, 0.29) is 6.04 Å². The molecule has 2 atom stereocenters. The van der Waals surface area contributed by atoms with E-state index in [9.17, 15) is 0 Å². The topological polar surface area (TPSA) is 30.5 Å². The van der Waals surface area contributed by atoms with E-state index in [1.807, 2.05) is 0 Å². The van der Waals surface area contributed by atoms with Crippen molar-refractivity contribution in [2.45, 2.75) is 52.2 Å². The highest BCUT2D eigenvalue weighted by Crippen LogP contribution is 2.19. The molecule has 3 nitrogen and oxygen atoms in total. The molecule has 21 heavy (non-hydrogen) atoms. The summed E-state index contributed by atoms with van der Waals surface area (Å²) in [5.41, 5.74) is 3.95. The molecule has 118 valence electrons. The Morgan fingerprint density at radius 3 is 2.67 bits per heavy atom. The molecule has 0 aromatic heterocycles. The van der Waals surface area contributed by atoms with Gasteiger partial charge in [0.2, 0.25) is 0 Å². The fraction of sp³-hybridized carbons (Fsp3) is 0.667. The average molecular weight is 291 g/mol. The first-order valence-corrected chi connectivity index (χ1v) is 8.20. The Hall–Kier alpha value is -0.900. The molecule has 1 aliphatic rings. The predicted molar refractivity (Wildman–Crippen MR) is 86.7 cm³/mol. The Morgan fingerprint density at radius 1 is 1.29 bits per heavy atom. The minimum absolute atomic E-state index is 0.268. The Bertz CT molecular complexity index is 407. The maximum Gasteiger partial charge on any atom is 0.0809 e. The van der Waals surface area contributed by atoms with Crippen LogP contribution in [0.3, 0.4) is 0 Å². The maximum atomic E-state index is 5.92. The van der Waals surface area contributed by atoms with Crippen LogP contribution >= 0.6 is 0 Å². The number of hydrogen-bond acceptors (Lipinski definition) is 3. The highest BCUT2D eigenvalue weighted by molar-refractivity contribution is 5.30. The Labute approximate surface area is 129 Å². The molecule has 2 unspecified atom stereocenters. The van der Waals surface area contributed by atoms with Crippen LogP contribution in [0.1, 0.15) is 48.9 Å². The lowest BCUT2D eigenvalue weighted by molar-refractivity contribution is 0.00996. The van der Waals surface area contributed by atoms with Gasteiger partial charge in [0.25, 0.3) is 0 Å². The van der Waals surface area contributed by atoms with E-state index in [2.05, 4.69) is 44.3 Å². The van der Waals surface area contributed by atoms with Crippen molar-refractivity contribution in [3.05, 3.63) is 34.9 Å². The normalized spacial score (nSPS) is 19.9. The second-order valence-corrected chi connectivity index (χ2v) is 6.10. The predicted octanol–water partition coefficient (Wildman–Crippen LogP) is 3.54. The van der Waals surface area contributed by atoms with Crippen LogP contribution in [-0.4, -0.2) is 32.5 Å². The van der Waals surface area contributed by atoms with Gasteiger partial charge < -0.3 is 14.8 Å². The van der Waals surface area contributed by atoms with Gasteiger partial charge in [0, 0.05) is 6.61 Å². The summed E-state index contributed by atoms with van der Waals surface area (Å²) >= 11 is 0. The summed E-state index contributed by atoms with van der Waals surface area (Å²) in [6.45, 7) is 9.83. The highest BCUT2D eigenvalue weighted by Gasteiger charge is 2.17. The van der Waals surface area contributed by atoms with Crippen molar-refractivity contribution in [3.63, 3.8) is 0 Å². The fourth-order valence-corrected chi connectivity index (χ4v) is 2.90. The van der Waals surface area contributed by atoms with Crippen molar-refractivity contribution in [2.75, 3.05) is 26.4 Å². The van der Waals surface area contributed by atoms with Crippen LogP contribution in [0.2, 0.25) is 0 Å². The van der Waals surface area contributed by atoms with Gasteiger partial charge in [-0.05, 0) is 45.2 Å². The summed E-state index contributed by atoms with van der Waals surface area (Å²) in [6.07, 6.45) is 3.74. The Balaban J connectivity index is 1.92. The number of benzene rings is 1. The molecule has 1 fully saturated rings. The van der Waals surface area contributed by atoms with Gasteiger partial charge in [0.15, 0.2) is 0 Å². The van der Waals surface area contributed by atoms with Gasteiger partial charge >= 0.3 is 0 Å². The molecule has 1 heterocycles. The third kappa shape index (κ3) is 5.42. The molecule has 1 saturated heterocycles. The van der Waals surface area contributed by atoms with Crippen LogP contribution in [0.4, 0.5) is 0 Å². The molecule has 3 heteroatoms. The quantitative estimate of drug-likeness (QED) is 0.794. The molecule has 1 N–H and O–H groups in total. The number of hydrogen-bond donors (Lipinski definition) is 1. The summed E-state index contributed by atoms with van der Waals surface area (Å²) in [5, 5.41) is 3.60. The van der Waals surface area contributed by atoms with Gasteiger partial charge in [-0.3, -0.25) is 0 Å². The summed E-state index contributed by atoms with van der Waals surface area (Å²) in [4.78, 5) is 0. The van der Waals surface area contributed by atoms with E-state index < -0.39 is 0 Å². The summed E-state index contributed by atoms with van der Waals surface area (Å²) in [6, 6.07) is 7.00. The number of rotatable bonds is 8. The highest BCUT2D eigenvalue weighted by atomic mass is 16.5. The van der Waals surface area contributed by atoms with E-state index in [1.54, 1.807) is 0 Å². The number of aryl methyl sites for hydroxylation is 2. The molecule has 0 saturated carbocycles. The fourth-order valence-electron chi connectivity index (χ4n) is 2.90. The third-order valence-electron chi connectivity index (χ3n) is 3.90. The summed E-state index contributed by atoms with van der Waals surface area (Å²) in [5.74, 6) is 0. The van der Waals surface area contributed by atoms with Gasteiger partial charge in [0.1, 0.15) is 0 Å². The molecular formula is C18H29NO2. The molecule has 0 amide bonds. The van der Waals surface area contributed by atoms with Gasteiger partial charge in [0.05, 0.1) is 25.4 Å². The number of ether oxygens (including phenoxy) is 2. The first-order chi connectivity index (χ1) is 10.2. The zero-order chi connectivity index (χ0) is 15.1. The van der Waals surface area contributed by atoms with Crippen molar-refractivity contribution in [1.82, 2.24) is 5.32 Å². The second kappa shape index (κ2) is 8.52. The largest absolute Gasteiger partial charge is 0.377 e. The molecular weight excluding hydrogens is 262 g/mol. The Morgan fingerprint density at radius 2 is 2.05 bits per heavy atom. The minimum atomic E-state index is 0.268. The standard InChI is InChI=1S/C18H29NO2/c1-4-7-19-18(13-20-12-17-6-5-8-21-17)16-10-14(2)9-15(3)11-16/h9-11,17-19H,4-8,12-13H2,1-3H3. The summed E-state index contributed by atoms with van der Waals surface area (Å²) in [7, 11) is 0. The first kappa shape index (κ1) is 16.5. The van der Waals surface area contributed by atoms with Crippen LogP contribution in [0, 0.1) is 13.8 Å². The smallest absolute Gasteiger partial charge is 0.0809 e. The van der Waals surface area contributed by atoms with E-state index in [0.717, 1.165) is 32.6 Å². The zero-order valence-electron chi connectivity index (χ0n) is 13.7. The van der Waals surface area contributed by atoms with E-state index in [0.29, 0.717) is 12.7 Å². The van der Waals surface area contributed by atoms with Gasteiger partial charge in [-0.1, -0.05) is 36.2 Å². The molecule has 1 aliphatic heterocycles. The van der Waals surface area contributed by atoms with E-state index in [4.69, 9.17) is 9.47 Å². The summed E-state index contributed by atoms with van der Waals surface area (Å²) < 4.78 is 11.5. The molecule has 1 aromatic rings. The molecule has 1 aromatic carbocycles. The van der Waals surface area contributed by atoms with Crippen molar-refractivity contribution in [2.24, 2.45) is 0 Å².